The molecule has 0 atom stereocenters. The van der Waals surface area contributed by atoms with Gasteiger partial charge in [-0.3, -0.25) is 9.59 Å². The molecule has 150 valence electrons. The number of hydrogen-bond donors (Lipinski definition) is 2. The third kappa shape index (κ3) is 4.37. The number of nitrogens with one attached hydrogen (secondary N) is 2. The maximum atomic E-state index is 13.1. The van der Waals surface area contributed by atoms with Crippen LogP contribution in [0.25, 0.3) is 22.0 Å². The Hall–Kier alpha value is -3.16. The zero-order valence-electron chi connectivity index (χ0n) is 16.2. The van der Waals surface area contributed by atoms with E-state index in [4.69, 9.17) is 0 Å². The van der Waals surface area contributed by atoms with Gasteiger partial charge >= 0.3 is 0 Å². The SMILES string of the molecule is CNC(=O)CSc1nc(-c2ccccc2)c(NC(=O)c2cccc3ccccc23)s1. The molecule has 0 saturated heterocycles. The second kappa shape index (κ2) is 9.11. The van der Waals surface area contributed by atoms with Crippen LogP contribution in [0.2, 0.25) is 0 Å². The van der Waals surface area contributed by atoms with Crippen molar-refractivity contribution in [1.82, 2.24) is 10.3 Å². The molecule has 2 N–H and O–H groups in total. The van der Waals surface area contributed by atoms with Gasteiger partial charge in [0.2, 0.25) is 5.91 Å². The van der Waals surface area contributed by atoms with Crippen LogP contribution in [-0.4, -0.2) is 29.6 Å². The van der Waals surface area contributed by atoms with E-state index in [1.165, 1.54) is 23.1 Å². The van der Waals surface area contributed by atoms with Crippen molar-refractivity contribution in [3.63, 3.8) is 0 Å². The van der Waals surface area contributed by atoms with E-state index in [9.17, 15) is 9.59 Å². The molecule has 7 heteroatoms. The molecule has 0 spiro atoms. The van der Waals surface area contributed by atoms with Gasteiger partial charge in [-0.05, 0) is 16.8 Å². The van der Waals surface area contributed by atoms with Crippen molar-refractivity contribution < 1.29 is 9.59 Å². The van der Waals surface area contributed by atoms with E-state index >= 15 is 0 Å². The van der Waals surface area contributed by atoms with Crippen molar-refractivity contribution in [2.24, 2.45) is 0 Å². The molecule has 0 aliphatic rings. The minimum atomic E-state index is -0.185. The highest BCUT2D eigenvalue weighted by molar-refractivity contribution is 8.01. The zero-order valence-corrected chi connectivity index (χ0v) is 17.8. The number of hydrogen-bond acceptors (Lipinski definition) is 5. The van der Waals surface area contributed by atoms with Crippen molar-refractivity contribution in [2.75, 3.05) is 18.1 Å². The van der Waals surface area contributed by atoms with Crippen LogP contribution in [0.1, 0.15) is 10.4 Å². The standard InChI is InChI=1S/C23H19N3O2S2/c1-24-19(27)14-29-23-25-20(16-9-3-2-4-10-16)22(30-23)26-21(28)18-13-7-11-15-8-5-6-12-17(15)18/h2-13H,14H2,1H3,(H,24,27)(H,26,28). The number of aromatic nitrogens is 1. The summed E-state index contributed by atoms with van der Waals surface area (Å²) in [5.74, 6) is 0.0166. The Morgan fingerprint density at radius 1 is 0.967 bits per heavy atom. The van der Waals surface area contributed by atoms with Gasteiger partial charge in [-0.25, -0.2) is 4.98 Å². The molecular formula is C23H19N3O2S2. The van der Waals surface area contributed by atoms with E-state index < -0.39 is 0 Å². The quantitative estimate of drug-likeness (QED) is 0.417. The predicted octanol–water partition coefficient (Wildman–Crippen LogP) is 5.05. The normalized spacial score (nSPS) is 10.7. The Balaban J connectivity index is 1.67. The van der Waals surface area contributed by atoms with Gasteiger partial charge in [0.15, 0.2) is 4.34 Å². The molecule has 2 amide bonds. The first-order chi connectivity index (χ1) is 14.7. The molecule has 3 aromatic carbocycles. The lowest BCUT2D eigenvalue weighted by Gasteiger charge is -2.08. The monoisotopic (exact) mass is 433 g/mol. The Kier molecular flexibility index (Phi) is 6.11. The number of thiazole rings is 1. The highest BCUT2D eigenvalue weighted by Gasteiger charge is 2.18. The fourth-order valence-electron chi connectivity index (χ4n) is 3.03. The number of rotatable bonds is 6. The summed E-state index contributed by atoms with van der Waals surface area (Å²) in [5.41, 5.74) is 2.22. The van der Waals surface area contributed by atoms with Crippen LogP contribution in [0.3, 0.4) is 0 Å². The summed E-state index contributed by atoms with van der Waals surface area (Å²) in [7, 11) is 1.61. The largest absolute Gasteiger partial charge is 0.358 e. The second-order valence-electron chi connectivity index (χ2n) is 6.47. The number of amides is 2. The molecule has 0 unspecified atom stereocenters. The van der Waals surface area contributed by atoms with Crippen LogP contribution in [0.4, 0.5) is 5.00 Å². The van der Waals surface area contributed by atoms with Crippen LogP contribution in [0.5, 0.6) is 0 Å². The first kappa shape index (κ1) is 20.1. The third-order valence-corrected chi connectivity index (χ3v) is 6.64. The summed E-state index contributed by atoms with van der Waals surface area (Å²) >= 11 is 2.73. The van der Waals surface area contributed by atoms with Crippen molar-refractivity contribution in [3.05, 3.63) is 78.4 Å². The van der Waals surface area contributed by atoms with Gasteiger partial charge in [-0.15, -0.1) is 0 Å². The minimum Gasteiger partial charge on any atom is -0.358 e. The van der Waals surface area contributed by atoms with Crippen LogP contribution < -0.4 is 10.6 Å². The number of nitrogens with zero attached hydrogens (tertiary/aromatic N) is 1. The molecule has 4 aromatic rings. The number of thioether (sulfide) groups is 1. The lowest BCUT2D eigenvalue weighted by Crippen LogP contribution is -2.19. The molecule has 0 aliphatic carbocycles. The minimum absolute atomic E-state index is 0.0715. The van der Waals surface area contributed by atoms with Crippen LogP contribution >= 0.6 is 23.1 Å². The Morgan fingerprint density at radius 2 is 1.70 bits per heavy atom. The summed E-state index contributed by atoms with van der Waals surface area (Å²) in [6, 6.07) is 23.2. The molecule has 1 aromatic heterocycles. The fourth-order valence-corrected chi connectivity index (χ4v) is 4.96. The molecule has 0 aliphatic heterocycles. The van der Waals surface area contributed by atoms with Crippen LogP contribution in [0.15, 0.2) is 77.1 Å². The average molecular weight is 434 g/mol. The van der Waals surface area contributed by atoms with E-state index in [1.54, 1.807) is 7.05 Å². The summed E-state index contributed by atoms with van der Waals surface area (Å²) in [6.07, 6.45) is 0. The number of benzene rings is 3. The highest BCUT2D eigenvalue weighted by Crippen LogP contribution is 2.38. The summed E-state index contributed by atoms with van der Waals surface area (Å²) < 4.78 is 0.727. The first-order valence-electron chi connectivity index (χ1n) is 9.34. The molecule has 5 nitrogen and oxygen atoms in total. The van der Waals surface area contributed by atoms with Gasteiger partial charge in [-0.2, -0.15) is 0 Å². The number of carbonyl (C=O) groups excluding carboxylic acids is 2. The van der Waals surface area contributed by atoms with E-state index in [-0.39, 0.29) is 17.6 Å². The molecule has 0 bridgehead atoms. The number of anilines is 1. The maximum absolute atomic E-state index is 13.1. The third-order valence-electron chi connectivity index (χ3n) is 4.52. The summed E-state index contributed by atoms with van der Waals surface area (Å²) in [5, 5.41) is 8.23. The Labute approximate surface area is 182 Å². The fraction of sp³-hybridized carbons (Fsp3) is 0.0870. The van der Waals surface area contributed by atoms with Crippen LogP contribution in [-0.2, 0) is 4.79 Å². The van der Waals surface area contributed by atoms with Crippen LogP contribution in [0, 0.1) is 0 Å². The maximum Gasteiger partial charge on any atom is 0.256 e. The van der Waals surface area contributed by atoms with Crippen molar-refractivity contribution in [1.29, 1.82) is 0 Å². The van der Waals surface area contributed by atoms with E-state index in [2.05, 4.69) is 15.6 Å². The first-order valence-corrected chi connectivity index (χ1v) is 11.1. The van der Waals surface area contributed by atoms with E-state index in [0.717, 1.165) is 20.7 Å². The van der Waals surface area contributed by atoms with Gasteiger partial charge < -0.3 is 10.6 Å². The molecule has 4 rings (SSSR count). The van der Waals surface area contributed by atoms with Gasteiger partial charge in [0, 0.05) is 18.2 Å². The molecule has 30 heavy (non-hydrogen) atoms. The topological polar surface area (TPSA) is 71.1 Å². The smallest absolute Gasteiger partial charge is 0.256 e. The van der Waals surface area contributed by atoms with Crippen molar-refractivity contribution in [2.45, 2.75) is 4.34 Å². The molecule has 1 heterocycles. The van der Waals surface area contributed by atoms with Gasteiger partial charge in [-0.1, -0.05) is 89.8 Å². The highest BCUT2D eigenvalue weighted by atomic mass is 32.2. The average Bonchev–Trinajstić information content (AvgIpc) is 3.20. The summed E-state index contributed by atoms with van der Waals surface area (Å²) in [6.45, 7) is 0. The zero-order chi connectivity index (χ0) is 20.9. The lowest BCUT2D eigenvalue weighted by molar-refractivity contribution is -0.118. The summed E-state index contributed by atoms with van der Waals surface area (Å²) in [4.78, 5) is 29.4. The van der Waals surface area contributed by atoms with Crippen molar-refractivity contribution in [3.8, 4) is 11.3 Å². The Bertz CT molecular complexity index is 1200. The molecular weight excluding hydrogens is 414 g/mol. The number of carbonyl (C=O) groups is 2. The van der Waals surface area contributed by atoms with E-state index in [0.29, 0.717) is 16.3 Å². The lowest BCUT2D eigenvalue weighted by atomic mass is 10.0. The van der Waals surface area contributed by atoms with Gasteiger partial charge in [0.1, 0.15) is 10.7 Å². The van der Waals surface area contributed by atoms with Gasteiger partial charge in [0.25, 0.3) is 5.91 Å². The predicted molar refractivity (Wildman–Crippen MR) is 124 cm³/mol. The molecule has 0 saturated carbocycles. The second-order valence-corrected chi connectivity index (χ2v) is 8.69. The number of fused-ring (bicyclic) bond motifs is 1. The van der Waals surface area contributed by atoms with E-state index in [1.807, 2.05) is 72.8 Å². The molecule has 0 fully saturated rings. The molecule has 0 radical (unpaired) electrons. The van der Waals surface area contributed by atoms with Gasteiger partial charge in [0.05, 0.1) is 5.75 Å². The Morgan fingerprint density at radius 3 is 2.50 bits per heavy atom. The van der Waals surface area contributed by atoms with Crippen molar-refractivity contribution >= 4 is 50.7 Å².